The van der Waals surface area contributed by atoms with Crippen molar-refractivity contribution >= 4 is 23.6 Å². The van der Waals surface area contributed by atoms with E-state index in [2.05, 4.69) is 0 Å². The highest BCUT2D eigenvalue weighted by molar-refractivity contribution is 8.00. The third-order valence-electron chi connectivity index (χ3n) is 4.50. The quantitative estimate of drug-likeness (QED) is 0.808. The van der Waals surface area contributed by atoms with Crippen molar-refractivity contribution < 1.29 is 14.7 Å². The number of carboxylic acid groups (broad SMARTS) is 1. The van der Waals surface area contributed by atoms with E-state index in [9.17, 15) is 14.7 Å². The van der Waals surface area contributed by atoms with Gasteiger partial charge in [-0.2, -0.15) is 0 Å². The van der Waals surface area contributed by atoms with Gasteiger partial charge in [0.1, 0.15) is 6.04 Å². The van der Waals surface area contributed by atoms with Crippen molar-refractivity contribution in [1.29, 1.82) is 0 Å². The van der Waals surface area contributed by atoms with E-state index in [1.54, 1.807) is 16.7 Å². The highest BCUT2D eigenvalue weighted by Crippen LogP contribution is 2.46. The maximum Gasteiger partial charge on any atom is 0.327 e. The molecule has 3 fully saturated rings. The van der Waals surface area contributed by atoms with Crippen LogP contribution in [0.5, 0.6) is 0 Å². The average molecular weight is 284 g/mol. The van der Waals surface area contributed by atoms with Gasteiger partial charge in [-0.25, -0.2) is 4.79 Å². The maximum atomic E-state index is 12.8. The number of rotatable bonds is 3. The first kappa shape index (κ1) is 13.2. The number of hydrogen-bond acceptors (Lipinski definition) is 4. The molecule has 1 saturated heterocycles. The number of carbonyl (C=O) groups is 2. The molecule has 1 heterocycles. The SMILES string of the molecule is NC1(C(=O)N2C(C(=O)O)CSC2C2CC2)CCCC1. The fourth-order valence-electron chi connectivity index (χ4n) is 3.20. The maximum absolute atomic E-state index is 12.8. The third kappa shape index (κ3) is 2.25. The van der Waals surface area contributed by atoms with Crippen molar-refractivity contribution in [2.24, 2.45) is 11.7 Å². The van der Waals surface area contributed by atoms with E-state index in [1.807, 2.05) is 0 Å². The van der Waals surface area contributed by atoms with E-state index in [4.69, 9.17) is 5.73 Å². The number of carboxylic acids is 1. The Morgan fingerprint density at radius 2 is 1.89 bits per heavy atom. The fourth-order valence-corrected chi connectivity index (χ4v) is 4.83. The first-order valence-corrected chi connectivity index (χ1v) is 8.04. The second kappa shape index (κ2) is 4.66. The van der Waals surface area contributed by atoms with Crippen LogP contribution in [0, 0.1) is 5.92 Å². The normalized spacial score (nSPS) is 33.6. The molecule has 2 atom stereocenters. The molecule has 3 aliphatic rings. The Hall–Kier alpha value is -0.750. The Balaban J connectivity index is 1.84. The summed E-state index contributed by atoms with van der Waals surface area (Å²) in [5.41, 5.74) is 5.42. The summed E-state index contributed by atoms with van der Waals surface area (Å²) in [4.78, 5) is 25.7. The number of nitrogens with two attached hydrogens (primary N) is 1. The molecule has 0 radical (unpaired) electrons. The molecule has 3 N–H and O–H groups in total. The lowest BCUT2D eigenvalue weighted by molar-refractivity contribution is -0.151. The molecule has 0 aromatic rings. The molecule has 3 rings (SSSR count). The van der Waals surface area contributed by atoms with Crippen LogP contribution in [0.2, 0.25) is 0 Å². The van der Waals surface area contributed by atoms with Crippen molar-refractivity contribution in [3.05, 3.63) is 0 Å². The van der Waals surface area contributed by atoms with Gasteiger partial charge in [-0.1, -0.05) is 12.8 Å². The van der Waals surface area contributed by atoms with Crippen LogP contribution in [-0.2, 0) is 9.59 Å². The Kier molecular flexibility index (Phi) is 3.25. The van der Waals surface area contributed by atoms with Gasteiger partial charge in [0.25, 0.3) is 0 Å². The van der Waals surface area contributed by atoms with Crippen LogP contribution in [-0.4, -0.2) is 44.6 Å². The lowest BCUT2D eigenvalue weighted by Gasteiger charge is -2.34. The second-order valence-electron chi connectivity index (χ2n) is 5.99. The molecular weight excluding hydrogens is 264 g/mol. The van der Waals surface area contributed by atoms with Crippen molar-refractivity contribution in [3.8, 4) is 0 Å². The van der Waals surface area contributed by atoms with Crippen LogP contribution in [0.3, 0.4) is 0 Å². The monoisotopic (exact) mass is 284 g/mol. The van der Waals surface area contributed by atoms with Crippen LogP contribution in [0.25, 0.3) is 0 Å². The summed E-state index contributed by atoms with van der Waals surface area (Å²) in [6.07, 6.45) is 5.52. The first-order valence-electron chi connectivity index (χ1n) is 6.99. The molecule has 6 heteroatoms. The lowest BCUT2D eigenvalue weighted by atomic mass is 9.96. The van der Waals surface area contributed by atoms with E-state index in [-0.39, 0.29) is 11.3 Å². The van der Waals surface area contributed by atoms with Gasteiger partial charge in [-0.05, 0) is 31.6 Å². The van der Waals surface area contributed by atoms with Crippen molar-refractivity contribution in [3.63, 3.8) is 0 Å². The van der Waals surface area contributed by atoms with Gasteiger partial charge in [0.05, 0.1) is 10.9 Å². The first-order chi connectivity index (χ1) is 9.03. The molecule has 106 valence electrons. The van der Waals surface area contributed by atoms with Crippen LogP contribution >= 0.6 is 11.8 Å². The van der Waals surface area contributed by atoms with Gasteiger partial charge in [-0.15, -0.1) is 11.8 Å². The summed E-state index contributed by atoms with van der Waals surface area (Å²) in [5.74, 6) is -0.0496. The third-order valence-corrected chi connectivity index (χ3v) is 5.96. The Labute approximate surface area is 116 Å². The van der Waals surface area contributed by atoms with Crippen LogP contribution in [0.4, 0.5) is 0 Å². The zero-order valence-electron chi connectivity index (χ0n) is 10.9. The predicted molar refractivity (Wildman–Crippen MR) is 72.6 cm³/mol. The largest absolute Gasteiger partial charge is 0.480 e. The molecule has 0 bridgehead atoms. The molecule has 0 aromatic carbocycles. The van der Waals surface area contributed by atoms with Crippen LogP contribution < -0.4 is 5.73 Å². The van der Waals surface area contributed by atoms with Gasteiger partial charge in [0.2, 0.25) is 5.91 Å². The Morgan fingerprint density at radius 1 is 1.26 bits per heavy atom. The minimum absolute atomic E-state index is 0.0367. The summed E-state index contributed by atoms with van der Waals surface area (Å²) >= 11 is 1.61. The zero-order valence-corrected chi connectivity index (χ0v) is 11.7. The van der Waals surface area contributed by atoms with Gasteiger partial charge < -0.3 is 15.7 Å². The molecule has 19 heavy (non-hydrogen) atoms. The molecule has 2 aliphatic carbocycles. The van der Waals surface area contributed by atoms with E-state index in [0.717, 1.165) is 25.7 Å². The number of hydrogen-bond donors (Lipinski definition) is 2. The molecule has 1 amide bonds. The van der Waals surface area contributed by atoms with Crippen molar-refractivity contribution in [2.75, 3.05) is 5.75 Å². The van der Waals surface area contributed by atoms with E-state index in [1.165, 1.54) is 0 Å². The Bertz CT molecular complexity index is 405. The number of carbonyl (C=O) groups excluding carboxylic acids is 1. The summed E-state index contributed by atoms with van der Waals surface area (Å²) in [5, 5.41) is 9.37. The van der Waals surface area contributed by atoms with Crippen molar-refractivity contribution in [1.82, 2.24) is 4.90 Å². The van der Waals surface area contributed by atoms with E-state index >= 15 is 0 Å². The minimum Gasteiger partial charge on any atom is -0.480 e. The van der Waals surface area contributed by atoms with Gasteiger partial charge in [-0.3, -0.25) is 4.79 Å². The fraction of sp³-hybridized carbons (Fsp3) is 0.846. The zero-order chi connectivity index (χ0) is 13.6. The van der Waals surface area contributed by atoms with Gasteiger partial charge >= 0.3 is 5.97 Å². The molecule has 2 saturated carbocycles. The molecular formula is C13H20N2O3S. The number of thioether (sulfide) groups is 1. The smallest absolute Gasteiger partial charge is 0.327 e. The summed E-state index contributed by atoms with van der Waals surface area (Å²) in [6, 6.07) is -0.691. The topological polar surface area (TPSA) is 83.6 Å². The lowest BCUT2D eigenvalue weighted by Crippen LogP contribution is -2.58. The molecule has 5 nitrogen and oxygen atoms in total. The number of aliphatic carboxylic acids is 1. The highest BCUT2D eigenvalue weighted by Gasteiger charge is 2.52. The van der Waals surface area contributed by atoms with Gasteiger partial charge in [0, 0.05) is 5.75 Å². The minimum atomic E-state index is -0.898. The Morgan fingerprint density at radius 3 is 2.42 bits per heavy atom. The predicted octanol–water partition coefficient (Wildman–Crippen LogP) is 1.02. The summed E-state index contributed by atoms with van der Waals surface area (Å²) in [6.45, 7) is 0. The molecule has 2 unspecified atom stereocenters. The van der Waals surface area contributed by atoms with Crippen LogP contribution in [0.15, 0.2) is 0 Å². The summed E-state index contributed by atoms with van der Waals surface area (Å²) < 4.78 is 0. The summed E-state index contributed by atoms with van der Waals surface area (Å²) in [7, 11) is 0. The number of nitrogens with zero attached hydrogens (tertiary/aromatic N) is 1. The van der Waals surface area contributed by atoms with Crippen molar-refractivity contribution in [2.45, 2.75) is 55.5 Å². The van der Waals surface area contributed by atoms with Crippen LogP contribution in [0.1, 0.15) is 38.5 Å². The molecule has 1 aliphatic heterocycles. The molecule has 0 spiro atoms. The molecule has 0 aromatic heterocycles. The van der Waals surface area contributed by atoms with E-state index < -0.39 is 17.6 Å². The standard InChI is InChI=1S/C13H20N2O3S/c14-13(5-1-2-6-13)12(18)15-9(11(16)17)7-19-10(15)8-3-4-8/h8-10H,1-7,14H2,(H,16,17). The number of amides is 1. The average Bonchev–Trinajstić information content (AvgIpc) is 2.96. The second-order valence-corrected chi connectivity index (χ2v) is 7.14. The van der Waals surface area contributed by atoms with E-state index in [0.29, 0.717) is 24.5 Å². The van der Waals surface area contributed by atoms with Gasteiger partial charge in [0.15, 0.2) is 0 Å². The highest BCUT2D eigenvalue weighted by atomic mass is 32.2.